The molecule has 0 fully saturated rings. The van der Waals surface area contributed by atoms with Gasteiger partial charge in [-0.1, -0.05) is 11.6 Å². The van der Waals surface area contributed by atoms with Gasteiger partial charge in [-0.2, -0.15) is 0 Å². The summed E-state index contributed by atoms with van der Waals surface area (Å²) in [5, 5.41) is 0.525. The van der Waals surface area contributed by atoms with Crippen LogP contribution in [-0.2, 0) is 6.54 Å². The third-order valence-electron chi connectivity index (χ3n) is 3.24. The van der Waals surface area contributed by atoms with Crippen LogP contribution in [0.4, 0.5) is 0 Å². The molecule has 110 valence electrons. The summed E-state index contributed by atoms with van der Waals surface area (Å²) < 4.78 is 14.5. The number of benzene rings is 1. The second kappa shape index (κ2) is 5.61. The fourth-order valence-electron chi connectivity index (χ4n) is 2.20. The van der Waals surface area contributed by atoms with E-state index in [0.717, 1.165) is 17.1 Å². The van der Waals surface area contributed by atoms with Crippen molar-refractivity contribution in [1.82, 2.24) is 13.5 Å². The van der Waals surface area contributed by atoms with E-state index < -0.39 is 0 Å². The molecule has 1 aliphatic heterocycles. The average Bonchev–Trinajstić information content (AvgIpc) is 2.89. The number of methoxy groups -OCH3 is 2. The monoisotopic (exact) mass is 369 g/mol. The molecule has 0 saturated carbocycles. The third-order valence-corrected chi connectivity index (χ3v) is 4.02. The van der Waals surface area contributed by atoms with Crippen LogP contribution in [-0.4, -0.2) is 27.7 Å². The first kappa shape index (κ1) is 14.3. The lowest BCUT2D eigenvalue weighted by atomic mass is 10.1. The van der Waals surface area contributed by atoms with E-state index >= 15 is 0 Å². The van der Waals surface area contributed by atoms with Gasteiger partial charge in [0.25, 0.3) is 0 Å². The summed E-state index contributed by atoms with van der Waals surface area (Å²) in [5.74, 6) is 2.18. The van der Waals surface area contributed by atoms with Gasteiger partial charge in [0.05, 0.1) is 31.5 Å². The number of nitrogens with zero attached hydrogens (tertiary/aromatic N) is 3. The van der Waals surface area contributed by atoms with Gasteiger partial charge in [0.2, 0.25) is 0 Å². The molecule has 5 nitrogen and oxygen atoms in total. The molecule has 0 saturated heterocycles. The molecule has 3 rings (SSSR count). The van der Waals surface area contributed by atoms with E-state index in [1.165, 1.54) is 0 Å². The summed E-state index contributed by atoms with van der Waals surface area (Å²) in [6.07, 6.45) is 5.81. The van der Waals surface area contributed by atoms with Crippen LogP contribution in [0.5, 0.6) is 11.5 Å². The Labute approximate surface area is 136 Å². The van der Waals surface area contributed by atoms with Crippen molar-refractivity contribution in [2.75, 3.05) is 14.2 Å². The molecule has 0 aliphatic carbocycles. The van der Waals surface area contributed by atoms with Crippen LogP contribution in [0.2, 0.25) is 5.02 Å². The molecule has 1 aromatic carbocycles. The topological polar surface area (TPSA) is 39.5 Å². The first-order valence-corrected chi connectivity index (χ1v) is 7.31. The van der Waals surface area contributed by atoms with E-state index in [-0.39, 0.29) is 0 Å². The minimum Gasteiger partial charge on any atom is -0.496 e. The molecule has 0 amide bonds. The SMILES string of the molecule is COc1cc(OC)c(-c2cn3c(n2)CN(Br)C=C3)cc1Cl. The molecule has 0 N–H and O–H groups in total. The summed E-state index contributed by atoms with van der Waals surface area (Å²) in [6, 6.07) is 3.58. The van der Waals surface area contributed by atoms with Gasteiger partial charge in [-0.3, -0.25) is 0 Å². The Hall–Kier alpha value is -1.66. The largest absolute Gasteiger partial charge is 0.496 e. The molecule has 2 heterocycles. The van der Waals surface area contributed by atoms with Gasteiger partial charge in [0, 0.05) is 46.4 Å². The van der Waals surface area contributed by atoms with E-state index in [0.29, 0.717) is 23.1 Å². The van der Waals surface area contributed by atoms with E-state index in [9.17, 15) is 0 Å². The molecule has 21 heavy (non-hydrogen) atoms. The van der Waals surface area contributed by atoms with Crippen molar-refractivity contribution in [3.05, 3.63) is 35.4 Å². The minimum absolute atomic E-state index is 0.525. The maximum Gasteiger partial charge on any atom is 0.141 e. The van der Waals surface area contributed by atoms with E-state index in [1.54, 1.807) is 20.3 Å². The van der Waals surface area contributed by atoms with Crippen LogP contribution < -0.4 is 9.47 Å². The zero-order valence-corrected chi connectivity index (χ0v) is 13.8. The second-order valence-electron chi connectivity index (χ2n) is 4.49. The standard InChI is InChI=1S/C14H13BrClN3O2/c1-20-12-6-13(21-2)10(16)5-9(12)11-7-18-3-4-19(15)8-14(18)17-11/h3-7H,8H2,1-2H3. The van der Waals surface area contributed by atoms with Crippen LogP contribution in [0.3, 0.4) is 0 Å². The van der Waals surface area contributed by atoms with Gasteiger partial charge in [-0.05, 0) is 6.07 Å². The molecular formula is C14H13BrClN3O2. The second-order valence-corrected chi connectivity index (χ2v) is 5.81. The van der Waals surface area contributed by atoms with E-state index in [2.05, 4.69) is 21.1 Å². The lowest BCUT2D eigenvalue weighted by molar-refractivity contribution is 0.395. The Bertz CT molecular complexity index is 714. The van der Waals surface area contributed by atoms with Crippen molar-refractivity contribution in [2.24, 2.45) is 0 Å². The predicted molar refractivity (Wildman–Crippen MR) is 85.6 cm³/mol. The van der Waals surface area contributed by atoms with E-state index in [1.807, 2.05) is 33.2 Å². The van der Waals surface area contributed by atoms with Crippen LogP contribution in [0, 0.1) is 0 Å². The number of halogens is 2. The van der Waals surface area contributed by atoms with Crippen molar-refractivity contribution in [3.63, 3.8) is 0 Å². The van der Waals surface area contributed by atoms with Gasteiger partial charge in [0.1, 0.15) is 17.3 Å². The zero-order chi connectivity index (χ0) is 15.0. The Morgan fingerprint density at radius 1 is 1.19 bits per heavy atom. The number of fused-ring (bicyclic) bond motifs is 1. The van der Waals surface area contributed by atoms with Crippen molar-refractivity contribution < 1.29 is 9.47 Å². The summed E-state index contributed by atoms with van der Waals surface area (Å²) in [4.78, 5) is 4.64. The Morgan fingerprint density at radius 2 is 1.95 bits per heavy atom. The highest BCUT2D eigenvalue weighted by atomic mass is 79.9. The first-order chi connectivity index (χ1) is 10.1. The predicted octanol–water partition coefficient (Wildman–Crippen LogP) is 3.77. The fraction of sp³-hybridized carbons (Fsp3) is 0.214. The van der Waals surface area contributed by atoms with E-state index in [4.69, 9.17) is 21.1 Å². The molecule has 7 heteroatoms. The normalized spacial score (nSPS) is 13.2. The fourth-order valence-corrected chi connectivity index (χ4v) is 2.77. The lowest BCUT2D eigenvalue weighted by Crippen LogP contribution is -2.12. The maximum absolute atomic E-state index is 6.21. The first-order valence-electron chi connectivity index (χ1n) is 6.22. The number of hydrogen-bond acceptors (Lipinski definition) is 4. The molecule has 1 aromatic heterocycles. The number of imidazole rings is 1. The molecule has 2 aromatic rings. The van der Waals surface area contributed by atoms with Crippen molar-refractivity contribution in [1.29, 1.82) is 0 Å². The van der Waals surface area contributed by atoms with Crippen LogP contribution in [0.1, 0.15) is 5.82 Å². The third kappa shape index (κ3) is 2.61. The highest BCUT2D eigenvalue weighted by Crippen LogP contribution is 2.38. The Kier molecular flexibility index (Phi) is 3.82. The Balaban J connectivity index is 2.09. The summed E-state index contributed by atoms with van der Waals surface area (Å²) in [5.41, 5.74) is 1.64. The van der Waals surface area contributed by atoms with Crippen molar-refractivity contribution in [2.45, 2.75) is 6.54 Å². The van der Waals surface area contributed by atoms with Crippen molar-refractivity contribution in [3.8, 4) is 22.8 Å². The zero-order valence-electron chi connectivity index (χ0n) is 11.5. The number of aromatic nitrogens is 2. The van der Waals surface area contributed by atoms with Gasteiger partial charge in [-0.15, -0.1) is 0 Å². The summed E-state index contributed by atoms with van der Waals surface area (Å²) in [7, 11) is 3.19. The molecule has 0 spiro atoms. The number of rotatable bonds is 3. The molecule has 0 unspecified atom stereocenters. The molecule has 1 aliphatic rings. The van der Waals surface area contributed by atoms with Crippen LogP contribution >= 0.6 is 27.7 Å². The molecule has 0 radical (unpaired) electrons. The van der Waals surface area contributed by atoms with Crippen LogP contribution in [0.25, 0.3) is 17.5 Å². The molecule has 0 bridgehead atoms. The van der Waals surface area contributed by atoms with Gasteiger partial charge in [0.15, 0.2) is 0 Å². The lowest BCUT2D eigenvalue weighted by Gasteiger charge is -2.15. The quantitative estimate of drug-likeness (QED) is 0.771. The van der Waals surface area contributed by atoms with Gasteiger partial charge >= 0.3 is 0 Å². The maximum atomic E-state index is 6.21. The Morgan fingerprint density at radius 3 is 2.67 bits per heavy atom. The number of hydrogen-bond donors (Lipinski definition) is 0. The summed E-state index contributed by atoms with van der Waals surface area (Å²) >= 11 is 9.63. The van der Waals surface area contributed by atoms with Gasteiger partial charge < -0.3 is 18.0 Å². The van der Waals surface area contributed by atoms with Gasteiger partial charge in [-0.25, -0.2) is 4.98 Å². The number of ether oxygens (including phenoxy) is 2. The van der Waals surface area contributed by atoms with Crippen molar-refractivity contribution >= 4 is 33.9 Å². The molecular weight excluding hydrogens is 358 g/mol. The smallest absolute Gasteiger partial charge is 0.141 e. The highest BCUT2D eigenvalue weighted by Gasteiger charge is 2.18. The minimum atomic E-state index is 0.525. The summed E-state index contributed by atoms with van der Waals surface area (Å²) in [6.45, 7) is 0.683. The molecule has 0 atom stereocenters. The van der Waals surface area contributed by atoms with Crippen LogP contribution in [0.15, 0.2) is 24.5 Å². The average molecular weight is 371 g/mol. The highest BCUT2D eigenvalue weighted by molar-refractivity contribution is 9.07.